The highest BCUT2D eigenvalue weighted by Gasteiger charge is 2.22. The van der Waals surface area contributed by atoms with E-state index in [1.165, 1.54) is 0 Å². The van der Waals surface area contributed by atoms with Crippen molar-refractivity contribution in [1.82, 2.24) is 5.32 Å². The number of anilines is 2. The van der Waals surface area contributed by atoms with Crippen LogP contribution < -0.4 is 16.4 Å². The molecular formula is C12H14N4O. The van der Waals surface area contributed by atoms with Gasteiger partial charge in [-0.2, -0.15) is 5.26 Å². The van der Waals surface area contributed by atoms with Gasteiger partial charge in [0.15, 0.2) is 0 Å². The summed E-state index contributed by atoms with van der Waals surface area (Å²) in [4.78, 5) is 11.6. The normalized spacial score (nSPS) is 19.2. The highest BCUT2D eigenvalue weighted by molar-refractivity contribution is 5.86. The molecule has 1 saturated heterocycles. The summed E-state index contributed by atoms with van der Waals surface area (Å²) in [5, 5.41) is 14.7. The Morgan fingerprint density at radius 3 is 3.06 bits per heavy atom. The van der Waals surface area contributed by atoms with E-state index < -0.39 is 0 Å². The van der Waals surface area contributed by atoms with Crippen LogP contribution in [0.2, 0.25) is 0 Å². The lowest BCUT2D eigenvalue weighted by Gasteiger charge is -2.24. The summed E-state index contributed by atoms with van der Waals surface area (Å²) in [5.74, 6) is -0.0157. The van der Waals surface area contributed by atoms with Crippen LogP contribution in [0, 0.1) is 11.3 Å². The molecule has 0 aromatic heterocycles. The maximum Gasteiger partial charge on any atom is 0.242 e. The molecule has 1 amide bonds. The first kappa shape index (κ1) is 11.3. The Kier molecular flexibility index (Phi) is 3.15. The molecule has 1 aliphatic rings. The number of nitrogens with one attached hydrogen (secondary N) is 2. The molecule has 0 spiro atoms. The van der Waals surface area contributed by atoms with Crippen LogP contribution in [0.25, 0.3) is 0 Å². The molecule has 17 heavy (non-hydrogen) atoms. The highest BCUT2D eigenvalue weighted by atomic mass is 16.2. The molecule has 1 aromatic carbocycles. The standard InChI is InChI=1S/C12H14N4O/c13-7-8-3-4-9(14)11(6-8)16-10-2-1-5-15-12(10)17/h3-4,6,10,16H,1-2,5,14H2,(H,15,17). The maximum atomic E-state index is 11.6. The van der Waals surface area contributed by atoms with Crippen molar-refractivity contribution in [1.29, 1.82) is 5.26 Å². The van der Waals surface area contributed by atoms with Gasteiger partial charge in [0.05, 0.1) is 23.0 Å². The number of carbonyl (C=O) groups excluding carboxylic acids is 1. The molecule has 0 bridgehead atoms. The van der Waals surface area contributed by atoms with Crippen LogP contribution in [0.1, 0.15) is 18.4 Å². The minimum atomic E-state index is -0.264. The smallest absolute Gasteiger partial charge is 0.242 e. The number of nitrogens with two attached hydrogens (primary N) is 1. The number of nitriles is 1. The summed E-state index contributed by atoms with van der Waals surface area (Å²) in [6.07, 6.45) is 1.73. The minimum Gasteiger partial charge on any atom is -0.397 e. The van der Waals surface area contributed by atoms with Crippen LogP contribution >= 0.6 is 0 Å². The van der Waals surface area contributed by atoms with Crippen LogP contribution in [0.3, 0.4) is 0 Å². The Morgan fingerprint density at radius 2 is 2.35 bits per heavy atom. The monoisotopic (exact) mass is 230 g/mol. The Morgan fingerprint density at radius 1 is 1.53 bits per heavy atom. The van der Waals surface area contributed by atoms with E-state index >= 15 is 0 Å². The Bertz CT molecular complexity index is 478. The molecule has 5 nitrogen and oxygen atoms in total. The number of amides is 1. The minimum absolute atomic E-state index is 0.0157. The van der Waals surface area contributed by atoms with Crippen LogP contribution in [-0.4, -0.2) is 18.5 Å². The first-order chi connectivity index (χ1) is 8.20. The van der Waals surface area contributed by atoms with E-state index in [2.05, 4.69) is 10.6 Å². The van der Waals surface area contributed by atoms with Gasteiger partial charge in [0.25, 0.3) is 0 Å². The molecule has 1 aromatic rings. The van der Waals surface area contributed by atoms with Crippen molar-refractivity contribution >= 4 is 17.3 Å². The Labute approximate surface area is 99.6 Å². The summed E-state index contributed by atoms with van der Waals surface area (Å²) < 4.78 is 0. The first-order valence-corrected chi connectivity index (χ1v) is 5.54. The molecule has 0 radical (unpaired) electrons. The van der Waals surface area contributed by atoms with Crippen molar-refractivity contribution in [3.05, 3.63) is 23.8 Å². The number of nitrogens with zero attached hydrogens (tertiary/aromatic N) is 1. The van der Waals surface area contributed by atoms with Crippen molar-refractivity contribution < 1.29 is 4.79 Å². The number of carbonyl (C=O) groups is 1. The molecule has 2 rings (SSSR count). The van der Waals surface area contributed by atoms with E-state index in [-0.39, 0.29) is 11.9 Å². The fourth-order valence-corrected chi connectivity index (χ4v) is 1.85. The molecule has 0 aliphatic carbocycles. The van der Waals surface area contributed by atoms with Crippen LogP contribution in [-0.2, 0) is 4.79 Å². The lowest BCUT2D eigenvalue weighted by atomic mass is 10.1. The van der Waals surface area contributed by atoms with E-state index in [0.29, 0.717) is 16.9 Å². The van der Waals surface area contributed by atoms with Gasteiger partial charge in [-0.3, -0.25) is 4.79 Å². The average Bonchev–Trinajstić information content (AvgIpc) is 2.35. The van der Waals surface area contributed by atoms with Crippen LogP contribution in [0.4, 0.5) is 11.4 Å². The fourth-order valence-electron chi connectivity index (χ4n) is 1.85. The van der Waals surface area contributed by atoms with Gasteiger partial charge < -0.3 is 16.4 Å². The first-order valence-electron chi connectivity index (χ1n) is 5.54. The van der Waals surface area contributed by atoms with Gasteiger partial charge in [0, 0.05) is 6.54 Å². The molecule has 1 fully saturated rings. The Hall–Kier alpha value is -2.22. The zero-order valence-corrected chi connectivity index (χ0v) is 9.36. The van der Waals surface area contributed by atoms with Crippen molar-refractivity contribution in [3.63, 3.8) is 0 Å². The van der Waals surface area contributed by atoms with E-state index in [4.69, 9.17) is 11.0 Å². The van der Waals surface area contributed by atoms with Gasteiger partial charge in [-0.1, -0.05) is 0 Å². The molecule has 1 aliphatic heterocycles. The summed E-state index contributed by atoms with van der Waals surface area (Å²) in [5.41, 5.74) is 7.52. The number of benzene rings is 1. The predicted octanol–water partition coefficient (Wildman–Crippen LogP) is 0.831. The molecule has 1 atom stereocenters. The predicted molar refractivity (Wildman–Crippen MR) is 65.2 cm³/mol. The molecule has 4 N–H and O–H groups in total. The maximum absolute atomic E-state index is 11.6. The van der Waals surface area contributed by atoms with Gasteiger partial charge in [-0.15, -0.1) is 0 Å². The third-order valence-corrected chi connectivity index (χ3v) is 2.80. The summed E-state index contributed by atoms with van der Waals surface area (Å²) in [7, 11) is 0. The van der Waals surface area contributed by atoms with Crippen molar-refractivity contribution in [2.24, 2.45) is 0 Å². The molecule has 0 saturated carbocycles. The van der Waals surface area contributed by atoms with Gasteiger partial charge in [-0.25, -0.2) is 0 Å². The largest absolute Gasteiger partial charge is 0.397 e. The number of piperidine rings is 1. The second-order valence-corrected chi connectivity index (χ2v) is 4.04. The van der Waals surface area contributed by atoms with Gasteiger partial charge in [0.2, 0.25) is 5.91 Å². The van der Waals surface area contributed by atoms with Crippen molar-refractivity contribution in [2.45, 2.75) is 18.9 Å². The molecular weight excluding hydrogens is 216 g/mol. The quantitative estimate of drug-likeness (QED) is 0.656. The lowest BCUT2D eigenvalue weighted by molar-refractivity contribution is -0.123. The number of nitrogen functional groups attached to an aromatic ring is 1. The zero-order chi connectivity index (χ0) is 12.3. The van der Waals surface area contributed by atoms with Crippen molar-refractivity contribution in [2.75, 3.05) is 17.6 Å². The van der Waals surface area contributed by atoms with Gasteiger partial charge in [0.1, 0.15) is 6.04 Å². The second-order valence-electron chi connectivity index (χ2n) is 4.04. The van der Waals surface area contributed by atoms with Crippen LogP contribution in [0.15, 0.2) is 18.2 Å². The van der Waals surface area contributed by atoms with E-state index in [1.54, 1.807) is 18.2 Å². The third kappa shape index (κ3) is 2.48. The Balaban J connectivity index is 2.17. The fraction of sp³-hybridized carbons (Fsp3) is 0.333. The molecule has 1 heterocycles. The molecule has 88 valence electrons. The molecule has 1 unspecified atom stereocenters. The van der Waals surface area contributed by atoms with E-state index in [1.807, 2.05) is 6.07 Å². The van der Waals surface area contributed by atoms with Gasteiger partial charge in [-0.05, 0) is 31.0 Å². The topological polar surface area (TPSA) is 90.9 Å². The average molecular weight is 230 g/mol. The SMILES string of the molecule is N#Cc1ccc(N)c(NC2CCCNC2=O)c1. The zero-order valence-electron chi connectivity index (χ0n) is 9.36. The highest BCUT2D eigenvalue weighted by Crippen LogP contribution is 2.22. The molecule has 5 heteroatoms. The van der Waals surface area contributed by atoms with Crippen molar-refractivity contribution in [3.8, 4) is 6.07 Å². The third-order valence-electron chi connectivity index (χ3n) is 2.80. The summed E-state index contributed by atoms with van der Waals surface area (Å²) >= 11 is 0. The van der Waals surface area contributed by atoms with E-state index in [9.17, 15) is 4.79 Å². The second kappa shape index (κ2) is 4.74. The number of hydrogen-bond donors (Lipinski definition) is 3. The van der Waals surface area contributed by atoms with Crippen LogP contribution in [0.5, 0.6) is 0 Å². The summed E-state index contributed by atoms with van der Waals surface area (Å²) in [6.45, 7) is 0.727. The van der Waals surface area contributed by atoms with Gasteiger partial charge >= 0.3 is 0 Å². The number of rotatable bonds is 2. The lowest BCUT2D eigenvalue weighted by Crippen LogP contribution is -2.44. The number of hydrogen-bond acceptors (Lipinski definition) is 4. The summed E-state index contributed by atoms with van der Waals surface area (Å²) in [6, 6.07) is 6.77. The van der Waals surface area contributed by atoms with E-state index in [0.717, 1.165) is 19.4 Å².